The summed E-state index contributed by atoms with van der Waals surface area (Å²) in [6.45, 7) is 4.32. The van der Waals surface area contributed by atoms with E-state index in [0.717, 1.165) is 23.4 Å². The van der Waals surface area contributed by atoms with Gasteiger partial charge < -0.3 is 14.4 Å². The number of amides is 1. The van der Waals surface area contributed by atoms with E-state index in [9.17, 15) is 14.7 Å². The van der Waals surface area contributed by atoms with E-state index in [0.29, 0.717) is 25.3 Å². The molecule has 2 aromatic rings. The van der Waals surface area contributed by atoms with Crippen LogP contribution in [0.4, 0.5) is 0 Å². The molecule has 1 aromatic heterocycles. The molecule has 0 bridgehead atoms. The van der Waals surface area contributed by atoms with E-state index in [-0.39, 0.29) is 18.4 Å². The lowest BCUT2D eigenvalue weighted by Crippen LogP contribution is -2.49. The summed E-state index contributed by atoms with van der Waals surface area (Å²) in [5.74, 6) is -0.0905. The van der Waals surface area contributed by atoms with Crippen molar-refractivity contribution in [3.05, 3.63) is 41.9 Å². The highest BCUT2D eigenvalue weighted by Gasteiger charge is 2.35. The van der Waals surface area contributed by atoms with Gasteiger partial charge in [0, 0.05) is 31.0 Å². The summed E-state index contributed by atoms with van der Waals surface area (Å²) >= 11 is 0. The number of nitrogens with zero attached hydrogens (tertiary/aromatic N) is 2. The Labute approximate surface area is 152 Å². The first-order valence-electron chi connectivity index (χ1n) is 9.01. The third-order valence-electron chi connectivity index (χ3n) is 5.06. The second-order valence-corrected chi connectivity index (χ2v) is 6.80. The van der Waals surface area contributed by atoms with Gasteiger partial charge in [0.1, 0.15) is 0 Å². The molecule has 1 aliphatic rings. The number of likely N-dealkylation sites (tertiary alicyclic amines) is 1. The van der Waals surface area contributed by atoms with Crippen molar-refractivity contribution in [2.24, 2.45) is 5.92 Å². The quantitative estimate of drug-likeness (QED) is 0.889. The molecule has 0 unspecified atom stereocenters. The zero-order valence-electron chi connectivity index (χ0n) is 15.1. The molecule has 0 saturated carbocycles. The van der Waals surface area contributed by atoms with Crippen LogP contribution < -0.4 is 0 Å². The van der Waals surface area contributed by atoms with Gasteiger partial charge in [-0.1, -0.05) is 30.3 Å². The van der Waals surface area contributed by atoms with Gasteiger partial charge in [0.15, 0.2) is 11.7 Å². The normalized spacial score (nSPS) is 20.2. The smallest absolute Gasteiger partial charge is 0.308 e. The van der Waals surface area contributed by atoms with Crippen LogP contribution in [-0.2, 0) is 16.0 Å². The molecule has 138 valence electrons. The number of benzene rings is 1. The monoisotopic (exact) mass is 356 g/mol. The molecule has 1 aliphatic heterocycles. The van der Waals surface area contributed by atoms with Crippen molar-refractivity contribution in [1.82, 2.24) is 9.88 Å². The Morgan fingerprint density at radius 2 is 2.04 bits per heavy atom. The molecule has 0 radical (unpaired) electrons. The largest absolute Gasteiger partial charge is 0.481 e. The molecule has 1 fully saturated rings. The van der Waals surface area contributed by atoms with Crippen LogP contribution >= 0.6 is 0 Å². The Hall–Kier alpha value is -2.63. The summed E-state index contributed by atoms with van der Waals surface area (Å²) in [6.07, 6.45) is 2.03. The van der Waals surface area contributed by atoms with Crippen molar-refractivity contribution in [3.8, 4) is 11.3 Å². The molecule has 0 spiro atoms. The highest BCUT2D eigenvalue weighted by Crippen LogP contribution is 2.26. The Kier molecular flexibility index (Phi) is 5.40. The first-order chi connectivity index (χ1) is 12.5. The molecular formula is C20H24N2O4. The third kappa shape index (κ3) is 3.79. The molecular weight excluding hydrogens is 332 g/mol. The molecule has 1 N–H and O–H groups in total. The lowest BCUT2D eigenvalue weighted by Gasteiger charge is -2.37. The van der Waals surface area contributed by atoms with E-state index >= 15 is 0 Å². The Bertz CT molecular complexity index is 784. The zero-order valence-corrected chi connectivity index (χ0v) is 15.1. The van der Waals surface area contributed by atoms with Gasteiger partial charge in [-0.25, -0.2) is 4.98 Å². The minimum Gasteiger partial charge on any atom is -0.481 e. The van der Waals surface area contributed by atoms with Crippen molar-refractivity contribution in [2.75, 3.05) is 6.54 Å². The Morgan fingerprint density at radius 3 is 2.73 bits per heavy atom. The number of carbonyl (C=O) groups excluding carboxylic acids is 1. The van der Waals surface area contributed by atoms with Crippen LogP contribution in [0.2, 0.25) is 0 Å². The van der Waals surface area contributed by atoms with Crippen molar-refractivity contribution < 1.29 is 19.1 Å². The standard InChI is InChI=1S/C20H24N2O4/c1-13-19(15-7-4-3-5-8-15)26-17(21-13)10-11-18(23)22-12-6-9-16(14(22)2)20(24)25/h3-5,7-8,14,16H,6,9-12H2,1-2H3,(H,24,25)/t14-,16-/m1/s1. The molecule has 3 rings (SSSR count). The van der Waals surface area contributed by atoms with Crippen LogP contribution in [0, 0.1) is 12.8 Å². The van der Waals surface area contributed by atoms with Crippen LogP contribution in [0.1, 0.15) is 37.8 Å². The average Bonchev–Trinajstić information content (AvgIpc) is 3.01. The Balaban J connectivity index is 1.64. The number of piperidine rings is 1. The fourth-order valence-corrected chi connectivity index (χ4v) is 3.60. The SMILES string of the molecule is Cc1nc(CCC(=O)N2CCC[C@@H](C(=O)O)[C@H]2C)oc1-c1ccccc1. The van der Waals surface area contributed by atoms with Crippen LogP contribution in [0.25, 0.3) is 11.3 Å². The molecule has 2 heterocycles. The lowest BCUT2D eigenvalue weighted by molar-refractivity contribution is -0.149. The maximum Gasteiger partial charge on any atom is 0.308 e. The van der Waals surface area contributed by atoms with Crippen LogP contribution in [0.5, 0.6) is 0 Å². The van der Waals surface area contributed by atoms with Gasteiger partial charge in [0.05, 0.1) is 11.6 Å². The predicted molar refractivity (Wildman–Crippen MR) is 96.5 cm³/mol. The molecule has 1 aromatic carbocycles. The Morgan fingerprint density at radius 1 is 1.31 bits per heavy atom. The van der Waals surface area contributed by atoms with Gasteiger partial charge >= 0.3 is 5.97 Å². The van der Waals surface area contributed by atoms with Crippen LogP contribution in [-0.4, -0.2) is 39.5 Å². The van der Waals surface area contributed by atoms with E-state index in [4.69, 9.17) is 4.42 Å². The number of carbonyl (C=O) groups is 2. The summed E-state index contributed by atoms with van der Waals surface area (Å²) in [6, 6.07) is 9.47. The van der Waals surface area contributed by atoms with Gasteiger partial charge in [-0.3, -0.25) is 9.59 Å². The van der Waals surface area contributed by atoms with Crippen molar-refractivity contribution >= 4 is 11.9 Å². The zero-order chi connectivity index (χ0) is 18.7. The average molecular weight is 356 g/mol. The number of hydrogen-bond acceptors (Lipinski definition) is 4. The maximum absolute atomic E-state index is 12.6. The summed E-state index contributed by atoms with van der Waals surface area (Å²) in [5, 5.41) is 9.29. The molecule has 26 heavy (non-hydrogen) atoms. The number of hydrogen-bond donors (Lipinski definition) is 1. The molecule has 1 amide bonds. The predicted octanol–water partition coefficient (Wildman–Crippen LogP) is 3.29. The minimum absolute atomic E-state index is 0.0411. The number of rotatable bonds is 5. The van der Waals surface area contributed by atoms with E-state index in [2.05, 4.69) is 4.98 Å². The van der Waals surface area contributed by atoms with Gasteiger partial charge in [0.2, 0.25) is 5.91 Å². The van der Waals surface area contributed by atoms with Crippen LogP contribution in [0.15, 0.2) is 34.7 Å². The van der Waals surface area contributed by atoms with E-state index in [1.807, 2.05) is 44.2 Å². The first-order valence-corrected chi connectivity index (χ1v) is 9.01. The molecule has 6 heteroatoms. The van der Waals surface area contributed by atoms with Crippen LogP contribution in [0.3, 0.4) is 0 Å². The van der Waals surface area contributed by atoms with Crippen molar-refractivity contribution in [1.29, 1.82) is 0 Å². The highest BCUT2D eigenvalue weighted by molar-refractivity contribution is 5.78. The van der Waals surface area contributed by atoms with Gasteiger partial charge in [-0.2, -0.15) is 0 Å². The second-order valence-electron chi connectivity index (χ2n) is 6.80. The first kappa shape index (κ1) is 18.2. The molecule has 6 nitrogen and oxygen atoms in total. The summed E-state index contributed by atoms with van der Waals surface area (Å²) < 4.78 is 5.85. The summed E-state index contributed by atoms with van der Waals surface area (Å²) in [5.41, 5.74) is 1.76. The number of carboxylic acids is 1. The molecule has 2 atom stereocenters. The van der Waals surface area contributed by atoms with Gasteiger partial charge in [-0.15, -0.1) is 0 Å². The van der Waals surface area contributed by atoms with Gasteiger partial charge in [-0.05, 0) is 26.7 Å². The summed E-state index contributed by atoms with van der Waals surface area (Å²) in [7, 11) is 0. The number of aromatic nitrogens is 1. The fourth-order valence-electron chi connectivity index (χ4n) is 3.60. The highest BCUT2D eigenvalue weighted by atomic mass is 16.4. The minimum atomic E-state index is -0.828. The van der Waals surface area contributed by atoms with Crippen molar-refractivity contribution in [2.45, 2.75) is 45.6 Å². The molecule has 1 saturated heterocycles. The van der Waals surface area contributed by atoms with E-state index < -0.39 is 11.9 Å². The molecule has 0 aliphatic carbocycles. The number of aryl methyl sites for hydroxylation is 2. The number of carboxylic acid groups (broad SMARTS) is 1. The van der Waals surface area contributed by atoms with Gasteiger partial charge in [0.25, 0.3) is 0 Å². The fraction of sp³-hybridized carbons (Fsp3) is 0.450. The topological polar surface area (TPSA) is 83.6 Å². The lowest BCUT2D eigenvalue weighted by atomic mass is 9.90. The van der Waals surface area contributed by atoms with E-state index in [1.165, 1.54) is 0 Å². The second kappa shape index (κ2) is 7.72. The number of oxazole rings is 1. The van der Waals surface area contributed by atoms with Crippen molar-refractivity contribution in [3.63, 3.8) is 0 Å². The van der Waals surface area contributed by atoms with E-state index in [1.54, 1.807) is 4.90 Å². The maximum atomic E-state index is 12.6. The number of aliphatic carboxylic acids is 1. The summed E-state index contributed by atoms with van der Waals surface area (Å²) in [4.78, 5) is 30.0. The third-order valence-corrected chi connectivity index (χ3v) is 5.06.